The maximum atomic E-state index is 11.6. The van der Waals surface area contributed by atoms with Gasteiger partial charge >= 0.3 is 29.8 Å². The number of aliphatic hydroxyl groups is 6. The number of aldehydes is 1. The van der Waals surface area contributed by atoms with Crippen molar-refractivity contribution in [3.8, 4) is 0 Å². The molecule has 8 aliphatic rings. The molecule has 644 valence electrons. The van der Waals surface area contributed by atoms with Crippen molar-refractivity contribution in [3.63, 3.8) is 0 Å². The van der Waals surface area contributed by atoms with Gasteiger partial charge in [-0.15, -0.1) is 6.58 Å². The number of hydrogen-bond acceptors (Lipinski definition) is 29. The van der Waals surface area contributed by atoms with Gasteiger partial charge < -0.3 is 101 Å². The SMILES string of the molecule is C=C(C)O[Si](C)(C)C.C=C1C[C@@H](CC(=O)OC)O[C@H](C=O)[C@H]1C.C=C1C[C@@H](CC(=O)OC)O[C@H](CC)[C@H]1C.C=C1C[C@@H](CC(=O)OC)O[C@H](CO)[C@H]1C.C=C[C@H]1O[C@H](CC(=O)OC)CC(=C)[C@@H]1C.CC[C@H]1OC=CC(=O)[C@@H]1C.CC[C@H]1O[C@H](CC(=O)OC)CC(=O)[C@@H]1C.O=C1C=CO[C@H](CO)[C@H]1O.OC[C@H]1OC=C[C@@H](O)[C@@H]1O. The van der Waals surface area contributed by atoms with Crippen molar-refractivity contribution in [1.29, 1.82) is 0 Å². The number of hydrogen-bond donors (Lipinski definition) is 6. The van der Waals surface area contributed by atoms with Crippen LogP contribution in [0.15, 0.2) is 111 Å². The Balaban J connectivity index is 0.00000126. The molecule has 8 aliphatic heterocycles. The third kappa shape index (κ3) is 40.2. The highest BCUT2D eigenvalue weighted by atomic mass is 28.4. The van der Waals surface area contributed by atoms with Crippen molar-refractivity contribution in [3.05, 3.63) is 111 Å². The molecule has 0 bridgehead atoms. The van der Waals surface area contributed by atoms with Gasteiger partial charge in [0.2, 0.25) is 8.32 Å². The van der Waals surface area contributed by atoms with Crippen LogP contribution in [0, 0.1) is 35.5 Å². The predicted molar refractivity (Wildman–Crippen MR) is 424 cm³/mol. The van der Waals surface area contributed by atoms with Crippen LogP contribution in [0.1, 0.15) is 153 Å². The largest absolute Gasteiger partial charge is 0.548 e. The van der Waals surface area contributed by atoms with Gasteiger partial charge in [0.15, 0.2) is 23.8 Å². The molecule has 0 radical (unpaired) electrons. The first kappa shape index (κ1) is 106. The molecule has 29 nitrogen and oxygen atoms in total. The fraction of sp³-hybridized carbons (Fsp3) is 0.675. The quantitative estimate of drug-likeness (QED) is 0.0165. The first-order valence-corrected chi connectivity index (χ1v) is 41.7. The van der Waals surface area contributed by atoms with Crippen molar-refractivity contribution < 1.29 is 140 Å². The average molecular weight is 1620 g/mol. The van der Waals surface area contributed by atoms with E-state index in [0.29, 0.717) is 31.6 Å². The topological polar surface area (TPSA) is 404 Å². The van der Waals surface area contributed by atoms with E-state index in [1.165, 1.54) is 72.1 Å². The molecule has 0 aliphatic carbocycles. The van der Waals surface area contributed by atoms with Crippen LogP contribution in [0.3, 0.4) is 0 Å². The number of carbonyl (C=O) groups is 9. The lowest BCUT2D eigenvalue weighted by Crippen LogP contribution is -2.42. The molecule has 0 amide bonds. The molecule has 30 heteroatoms. The van der Waals surface area contributed by atoms with E-state index in [4.69, 9.17) is 73.0 Å². The molecule has 8 rings (SSSR count). The lowest BCUT2D eigenvalue weighted by atomic mass is 9.87. The van der Waals surface area contributed by atoms with Crippen LogP contribution in [0.5, 0.6) is 0 Å². The smallest absolute Gasteiger partial charge is 0.308 e. The highest BCUT2D eigenvalue weighted by Crippen LogP contribution is 2.35. The first-order chi connectivity index (χ1) is 53.1. The Morgan fingerprint density at radius 2 is 0.805 bits per heavy atom. The van der Waals surface area contributed by atoms with E-state index in [2.05, 4.69) is 104 Å². The number of aliphatic hydroxyl groups excluding tert-OH is 6. The maximum Gasteiger partial charge on any atom is 0.308 e. The molecular weight excluding hydrogens is 1490 g/mol. The molecule has 8 heterocycles. The summed E-state index contributed by atoms with van der Waals surface area (Å²) in [5.74, 6) is 0.194. The minimum Gasteiger partial charge on any atom is -0.548 e. The Labute approximate surface area is 670 Å². The number of carbonyl (C=O) groups excluding carboxylic acids is 9. The predicted octanol–water partition coefficient (Wildman–Crippen LogP) is 9.03. The monoisotopic (exact) mass is 1620 g/mol. The minimum absolute atomic E-state index is 0.0244. The number of ether oxygens (including phenoxy) is 13. The zero-order valence-electron chi connectivity index (χ0n) is 69.9. The average Bonchev–Trinajstić information content (AvgIpc) is 0.859. The second-order valence-electron chi connectivity index (χ2n) is 29.3. The third-order valence-corrected chi connectivity index (χ3v) is 20.5. The first-order valence-electron chi connectivity index (χ1n) is 38.3. The van der Waals surface area contributed by atoms with E-state index in [1.54, 1.807) is 6.08 Å². The Morgan fingerprint density at radius 3 is 1.14 bits per heavy atom. The Bertz CT molecular complexity index is 2870. The van der Waals surface area contributed by atoms with Gasteiger partial charge in [-0.25, -0.2) is 0 Å². The van der Waals surface area contributed by atoms with E-state index in [9.17, 15) is 43.2 Å². The third-order valence-electron chi connectivity index (χ3n) is 19.5. The van der Waals surface area contributed by atoms with Crippen LogP contribution in [0.2, 0.25) is 19.6 Å². The molecular formula is C83H134O29Si. The minimum atomic E-state index is -1.32. The number of Topliss-reactive ketones (excluding diaryl/α,β-unsaturated/α-hetero) is 1. The van der Waals surface area contributed by atoms with Crippen LogP contribution < -0.4 is 0 Å². The zero-order chi connectivity index (χ0) is 86.6. The van der Waals surface area contributed by atoms with E-state index >= 15 is 0 Å². The summed E-state index contributed by atoms with van der Waals surface area (Å²) >= 11 is 0. The molecule has 0 spiro atoms. The number of allylic oxidation sites excluding steroid dienone is 2. The van der Waals surface area contributed by atoms with Gasteiger partial charge in [0.25, 0.3) is 0 Å². The summed E-state index contributed by atoms with van der Waals surface area (Å²) in [7, 11) is 5.49. The van der Waals surface area contributed by atoms with Crippen LogP contribution in [0.25, 0.3) is 0 Å². The number of rotatable bonds is 20. The van der Waals surface area contributed by atoms with Crippen LogP contribution in [0.4, 0.5) is 0 Å². The molecule has 0 aromatic heterocycles. The molecule has 0 unspecified atom stereocenters. The van der Waals surface area contributed by atoms with Gasteiger partial charge in [-0.2, -0.15) is 0 Å². The summed E-state index contributed by atoms with van der Waals surface area (Å²) in [5.41, 5.74) is 4.27. The van der Waals surface area contributed by atoms with Gasteiger partial charge in [-0.3, -0.25) is 38.4 Å². The maximum absolute atomic E-state index is 11.6. The summed E-state index contributed by atoms with van der Waals surface area (Å²) in [6.07, 6.45) is 11.2. The Kier molecular flexibility index (Phi) is 52.4. The normalized spacial score (nSPS) is 30.7. The van der Waals surface area contributed by atoms with Crippen molar-refractivity contribution in [2.24, 2.45) is 35.5 Å². The van der Waals surface area contributed by atoms with Gasteiger partial charge in [0.05, 0.1) is 173 Å². The lowest BCUT2D eigenvalue weighted by Gasteiger charge is -2.35. The Morgan fingerprint density at radius 1 is 0.469 bits per heavy atom. The molecule has 113 heavy (non-hydrogen) atoms. The summed E-state index contributed by atoms with van der Waals surface area (Å²) in [6, 6.07) is 0. The van der Waals surface area contributed by atoms with E-state index < -0.39 is 50.7 Å². The number of ketones is 3. The van der Waals surface area contributed by atoms with Crippen LogP contribution in [-0.4, -0.2) is 245 Å². The van der Waals surface area contributed by atoms with E-state index in [-0.39, 0.29) is 178 Å². The number of methoxy groups -OCH3 is 5. The van der Waals surface area contributed by atoms with Gasteiger partial charge in [-0.05, 0) is 77.6 Å². The molecule has 0 aromatic carbocycles. The molecule has 0 saturated carbocycles. The van der Waals surface area contributed by atoms with Crippen molar-refractivity contribution >= 4 is 61.8 Å². The number of esters is 5. The van der Waals surface area contributed by atoms with Crippen molar-refractivity contribution in [2.75, 3.05) is 55.4 Å². The van der Waals surface area contributed by atoms with E-state index in [0.717, 1.165) is 66.9 Å². The highest BCUT2D eigenvalue weighted by Gasteiger charge is 2.38. The molecule has 5 saturated heterocycles. The molecule has 5 fully saturated rings. The van der Waals surface area contributed by atoms with E-state index in [1.807, 2.05) is 48.5 Å². The standard InChI is InChI=1S/C12H20O3.C12H18O3.C11H18O4.C11H16O4.C11H18O4.C8H12O2.C6H10O4.C6H8O4.C6H14OSi/c2*1-5-11-9(3)8(2)6-10(15-11)7-12(13)14-4;2*1-7-4-9(5-11(13)14-3)15-10(6-12)8(7)2;1-4-10-7(2)9(12)5-8(15-10)6-11(13)14-3;1-3-8-6(2)7(9)4-5-10-8;2*7-3-5-6(9)4(8)1-2-10-5;1-6(2)7-8(3,4)5/h9-11H,2,5-7H2,1,3-4H3;5,9-11H,1-2,6-7H2,3-4H3;8-10,12H,1,4-6H2,2-3H3;6,8-10H,1,4-5H2,2-3H3;7-8,10H,4-6H2,1-3H3;4-6,8H,3H2,1-2H3;1-2,4-9H,3H2;1-2,5-7,9H,3H2;1H2,2-5H3/t2*9-,10-,11+;2*8-,9-,10+;7-,8-,10+;6-,8+;4-,5-,6+;5-,6+;/m00000011./s1. The van der Waals surface area contributed by atoms with Crippen molar-refractivity contribution in [2.45, 2.75) is 270 Å². The summed E-state index contributed by atoms with van der Waals surface area (Å²) in [5, 5.41) is 53.1. The molecule has 6 N–H and O–H groups in total. The fourth-order valence-corrected chi connectivity index (χ4v) is 13.2. The van der Waals surface area contributed by atoms with Crippen LogP contribution in [-0.2, 0) is 109 Å². The second-order valence-corrected chi connectivity index (χ2v) is 33.8. The second kappa shape index (κ2) is 56.0. The summed E-state index contributed by atoms with van der Waals surface area (Å²) in [6.45, 7) is 48.8. The fourth-order valence-electron chi connectivity index (χ4n) is 12.1. The lowest BCUT2D eigenvalue weighted by molar-refractivity contribution is -0.155. The van der Waals surface area contributed by atoms with Crippen LogP contribution >= 0.6 is 0 Å². The summed E-state index contributed by atoms with van der Waals surface area (Å²) in [4.78, 5) is 99.4. The zero-order valence-corrected chi connectivity index (χ0v) is 70.9. The summed E-state index contributed by atoms with van der Waals surface area (Å²) < 4.78 is 71.2. The molecule has 0 aromatic rings. The molecule has 22 atom stereocenters. The van der Waals surface area contributed by atoms with Gasteiger partial charge in [-0.1, -0.05) is 124 Å². The highest BCUT2D eigenvalue weighted by molar-refractivity contribution is 6.70. The van der Waals surface area contributed by atoms with Gasteiger partial charge in [0, 0.05) is 48.2 Å². The van der Waals surface area contributed by atoms with Gasteiger partial charge in [0.1, 0.15) is 42.6 Å². The Hall–Kier alpha value is -7.33. The van der Waals surface area contributed by atoms with Crippen molar-refractivity contribution in [1.82, 2.24) is 0 Å².